The van der Waals surface area contributed by atoms with E-state index in [4.69, 9.17) is 4.74 Å². The normalized spacial score (nSPS) is 20.9. The third kappa shape index (κ3) is 4.91. The number of sulfonamides is 1. The van der Waals surface area contributed by atoms with E-state index in [1.807, 2.05) is 0 Å². The van der Waals surface area contributed by atoms with Gasteiger partial charge in [0.05, 0.1) is 19.0 Å². The van der Waals surface area contributed by atoms with Gasteiger partial charge in [-0.15, -0.1) is 0 Å². The van der Waals surface area contributed by atoms with Crippen molar-refractivity contribution in [3.63, 3.8) is 0 Å². The Morgan fingerprint density at radius 3 is 2.88 bits per heavy atom. The summed E-state index contributed by atoms with van der Waals surface area (Å²) in [6.45, 7) is 2.70. The molecule has 1 fully saturated rings. The topological polar surface area (TPSA) is 81.7 Å². The maximum absolute atomic E-state index is 11.5. The number of rotatable bonds is 6. The Balaban J connectivity index is 2.30. The van der Waals surface area contributed by atoms with Gasteiger partial charge >= 0.3 is 5.97 Å². The van der Waals surface area contributed by atoms with Crippen LogP contribution in [0.25, 0.3) is 0 Å². The van der Waals surface area contributed by atoms with E-state index in [1.165, 1.54) is 0 Å². The second-order valence-electron chi connectivity index (χ2n) is 3.64. The summed E-state index contributed by atoms with van der Waals surface area (Å²) >= 11 is 0. The van der Waals surface area contributed by atoms with Crippen molar-refractivity contribution >= 4 is 16.0 Å². The molecule has 6 nitrogen and oxygen atoms in total. The molecule has 0 aromatic rings. The van der Waals surface area contributed by atoms with Gasteiger partial charge in [-0.2, -0.15) is 0 Å². The molecule has 0 aromatic heterocycles. The molecule has 7 heteroatoms. The zero-order valence-corrected chi connectivity index (χ0v) is 10.1. The first-order valence-electron chi connectivity index (χ1n) is 5.24. The molecule has 0 bridgehead atoms. The molecule has 0 saturated carbocycles. The van der Waals surface area contributed by atoms with Gasteiger partial charge in [-0.1, -0.05) is 0 Å². The van der Waals surface area contributed by atoms with Gasteiger partial charge in [0.25, 0.3) is 0 Å². The number of carbonyl (C=O) groups is 1. The minimum atomic E-state index is -3.41. The highest BCUT2D eigenvalue weighted by atomic mass is 32.2. The number of hydrogen-bond donors (Lipinski definition) is 1. The molecule has 0 unspecified atom stereocenters. The summed E-state index contributed by atoms with van der Waals surface area (Å²) in [7, 11) is -3.41. The first kappa shape index (κ1) is 13.4. The quantitative estimate of drug-likeness (QED) is 0.644. The summed E-state index contributed by atoms with van der Waals surface area (Å²) in [6.07, 6.45) is 0.750. The van der Waals surface area contributed by atoms with E-state index < -0.39 is 16.0 Å². The maximum Gasteiger partial charge on any atom is 0.320 e. The largest absolute Gasteiger partial charge is 0.465 e. The first-order chi connectivity index (χ1) is 7.53. The molecule has 16 heavy (non-hydrogen) atoms. The molecule has 0 aromatic carbocycles. The van der Waals surface area contributed by atoms with Crippen LogP contribution in [0.5, 0.6) is 0 Å². The van der Waals surface area contributed by atoms with Crippen LogP contribution >= 0.6 is 0 Å². The fourth-order valence-corrected chi connectivity index (χ4v) is 2.80. The molecule has 94 valence electrons. The Morgan fingerprint density at radius 2 is 2.31 bits per heavy atom. The van der Waals surface area contributed by atoms with Gasteiger partial charge in [0.2, 0.25) is 10.0 Å². The van der Waals surface area contributed by atoms with Crippen LogP contribution in [0, 0.1) is 5.92 Å². The van der Waals surface area contributed by atoms with E-state index in [9.17, 15) is 13.2 Å². The van der Waals surface area contributed by atoms with Gasteiger partial charge in [0.1, 0.15) is 6.54 Å². The van der Waals surface area contributed by atoms with E-state index in [1.54, 1.807) is 6.92 Å². The van der Waals surface area contributed by atoms with Gasteiger partial charge < -0.3 is 9.47 Å². The minimum Gasteiger partial charge on any atom is -0.465 e. The smallest absolute Gasteiger partial charge is 0.320 e. The van der Waals surface area contributed by atoms with Gasteiger partial charge in [0.15, 0.2) is 0 Å². The molecule has 0 amide bonds. The van der Waals surface area contributed by atoms with Crippen molar-refractivity contribution in [2.75, 3.05) is 32.1 Å². The fraction of sp³-hybridized carbons (Fsp3) is 0.889. The van der Waals surface area contributed by atoms with Crippen LogP contribution in [0.1, 0.15) is 13.3 Å². The van der Waals surface area contributed by atoms with Crippen LogP contribution in [0.3, 0.4) is 0 Å². The summed E-state index contributed by atoms with van der Waals surface area (Å²) in [4.78, 5) is 11.0. The predicted octanol–water partition coefficient (Wildman–Crippen LogP) is -0.495. The molecule has 0 aliphatic carbocycles. The second kappa shape index (κ2) is 6.17. The third-order valence-corrected chi connectivity index (χ3v) is 3.72. The molecule has 1 saturated heterocycles. The van der Waals surface area contributed by atoms with E-state index in [-0.39, 0.29) is 24.8 Å². The number of hydrogen-bond acceptors (Lipinski definition) is 5. The lowest BCUT2D eigenvalue weighted by atomic mass is 10.2. The van der Waals surface area contributed by atoms with Crippen molar-refractivity contribution in [3.8, 4) is 0 Å². The van der Waals surface area contributed by atoms with Crippen LogP contribution in [-0.4, -0.2) is 46.5 Å². The molecule has 1 atom stereocenters. The van der Waals surface area contributed by atoms with Gasteiger partial charge in [0, 0.05) is 6.61 Å². The van der Waals surface area contributed by atoms with E-state index in [0.29, 0.717) is 13.2 Å². The number of carbonyl (C=O) groups excluding carboxylic acids is 1. The van der Waals surface area contributed by atoms with Crippen LogP contribution < -0.4 is 4.72 Å². The zero-order valence-electron chi connectivity index (χ0n) is 9.27. The number of esters is 1. The average molecular weight is 251 g/mol. The first-order valence-corrected chi connectivity index (χ1v) is 6.89. The summed E-state index contributed by atoms with van der Waals surface area (Å²) in [5, 5.41) is 0. The summed E-state index contributed by atoms with van der Waals surface area (Å²) in [6, 6.07) is 0. The third-order valence-electron chi connectivity index (χ3n) is 2.22. The molecule has 1 heterocycles. The van der Waals surface area contributed by atoms with Crippen molar-refractivity contribution in [1.82, 2.24) is 4.72 Å². The summed E-state index contributed by atoms with van der Waals surface area (Å²) in [5.74, 6) is -0.527. The standard InChI is InChI=1S/C9H17NO5S/c1-2-15-9(11)5-10-16(12,13)7-8-3-4-14-6-8/h8,10H,2-7H2,1H3/t8-/m1/s1. The molecule has 1 rings (SSSR count). The summed E-state index contributed by atoms with van der Waals surface area (Å²) < 4.78 is 35.0. The molecule has 0 radical (unpaired) electrons. The lowest BCUT2D eigenvalue weighted by molar-refractivity contribution is -0.141. The highest BCUT2D eigenvalue weighted by Crippen LogP contribution is 2.13. The fourth-order valence-electron chi connectivity index (χ4n) is 1.46. The second-order valence-corrected chi connectivity index (χ2v) is 5.49. The SMILES string of the molecule is CCOC(=O)CNS(=O)(=O)C[C@@H]1CCOC1. The molecular formula is C9H17NO5S. The molecular weight excluding hydrogens is 234 g/mol. The Hall–Kier alpha value is -0.660. The highest BCUT2D eigenvalue weighted by molar-refractivity contribution is 7.89. The predicted molar refractivity (Wildman–Crippen MR) is 57.3 cm³/mol. The number of nitrogens with one attached hydrogen (secondary N) is 1. The van der Waals surface area contributed by atoms with Crippen LogP contribution in [0.4, 0.5) is 0 Å². The molecule has 1 aliphatic rings. The monoisotopic (exact) mass is 251 g/mol. The van der Waals surface area contributed by atoms with Crippen molar-refractivity contribution < 1.29 is 22.7 Å². The van der Waals surface area contributed by atoms with Crippen LogP contribution in [0.2, 0.25) is 0 Å². The van der Waals surface area contributed by atoms with Crippen molar-refractivity contribution in [1.29, 1.82) is 0 Å². The van der Waals surface area contributed by atoms with Crippen LogP contribution in [0.15, 0.2) is 0 Å². The van der Waals surface area contributed by atoms with E-state index >= 15 is 0 Å². The Kier molecular flexibility index (Phi) is 5.17. The van der Waals surface area contributed by atoms with Gasteiger partial charge in [-0.3, -0.25) is 4.79 Å². The Bertz CT molecular complexity index is 321. The molecule has 1 N–H and O–H groups in total. The minimum absolute atomic E-state index is 0.00635. The zero-order chi connectivity index (χ0) is 12.0. The van der Waals surface area contributed by atoms with Crippen molar-refractivity contribution in [3.05, 3.63) is 0 Å². The Morgan fingerprint density at radius 1 is 1.56 bits per heavy atom. The Labute approximate surface area is 95.4 Å². The van der Waals surface area contributed by atoms with Crippen molar-refractivity contribution in [2.24, 2.45) is 5.92 Å². The molecule has 1 aliphatic heterocycles. The molecule has 0 spiro atoms. The average Bonchev–Trinajstić information content (AvgIpc) is 2.67. The van der Waals surface area contributed by atoms with E-state index in [0.717, 1.165) is 6.42 Å². The lowest BCUT2D eigenvalue weighted by Crippen LogP contribution is -2.34. The van der Waals surface area contributed by atoms with Gasteiger partial charge in [-0.05, 0) is 19.3 Å². The number of ether oxygens (including phenoxy) is 2. The summed E-state index contributed by atoms with van der Waals surface area (Å²) in [5.41, 5.74) is 0. The maximum atomic E-state index is 11.5. The van der Waals surface area contributed by atoms with E-state index in [2.05, 4.69) is 9.46 Å². The highest BCUT2D eigenvalue weighted by Gasteiger charge is 2.23. The van der Waals surface area contributed by atoms with Crippen LogP contribution in [-0.2, 0) is 24.3 Å². The van der Waals surface area contributed by atoms with Gasteiger partial charge in [-0.25, -0.2) is 13.1 Å². The van der Waals surface area contributed by atoms with Crippen molar-refractivity contribution in [2.45, 2.75) is 13.3 Å². The lowest BCUT2D eigenvalue weighted by Gasteiger charge is -2.09.